The minimum absolute atomic E-state index is 0.0649. The van der Waals surface area contributed by atoms with Gasteiger partial charge >= 0.3 is 0 Å². The summed E-state index contributed by atoms with van der Waals surface area (Å²) in [5.74, 6) is 1.03. The van der Waals surface area contributed by atoms with Gasteiger partial charge in [-0.25, -0.2) is 0 Å². The highest BCUT2D eigenvalue weighted by atomic mass is 16.5. The van der Waals surface area contributed by atoms with E-state index in [2.05, 4.69) is 5.32 Å². The van der Waals surface area contributed by atoms with Crippen LogP contribution < -0.4 is 19.5 Å². The van der Waals surface area contributed by atoms with Crippen molar-refractivity contribution in [2.75, 3.05) is 20.8 Å². The van der Waals surface area contributed by atoms with E-state index in [9.17, 15) is 9.59 Å². The van der Waals surface area contributed by atoms with E-state index in [0.29, 0.717) is 23.7 Å². The molecule has 0 radical (unpaired) electrons. The van der Waals surface area contributed by atoms with Gasteiger partial charge in [0.05, 0.1) is 14.2 Å². The lowest BCUT2D eigenvalue weighted by Gasteiger charge is -2.32. The normalized spacial score (nSPS) is 11.5. The van der Waals surface area contributed by atoms with Crippen LogP contribution in [-0.4, -0.2) is 49.6 Å². The Labute approximate surface area is 213 Å². The zero-order valence-electron chi connectivity index (χ0n) is 21.3. The van der Waals surface area contributed by atoms with Crippen LogP contribution in [0.4, 0.5) is 0 Å². The Morgan fingerprint density at radius 2 is 1.33 bits per heavy atom. The standard InChI is InChI=1S/C29H34N2O5/c1-21(2)30-29(33)27(15-22-11-7-5-8-12-22)31(19-23-13-9-6-10-14-23)28(32)20-36-26-17-24(34-3)16-25(18-26)35-4/h5-14,16-18,21,27H,15,19-20H2,1-4H3,(H,30,33)/t27-/m0/s1. The zero-order chi connectivity index (χ0) is 25.9. The minimum atomic E-state index is -0.717. The highest BCUT2D eigenvalue weighted by molar-refractivity contribution is 5.88. The van der Waals surface area contributed by atoms with Gasteiger partial charge in [-0.1, -0.05) is 60.7 Å². The van der Waals surface area contributed by atoms with E-state index in [1.807, 2.05) is 74.5 Å². The van der Waals surface area contributed by atoms with Crippen LogP contribution in [0, 0.1) is 0 Å². The fraction of sp³-hybridized carbons (Fsp3) is 0.310. The maximum atomic E-state index is 13.6. The van der Waals surface area contributed by atoms with Crippen LogP contribution >= 0.6 is 0 Å². The average Bonchev–Trinajstić information content (AvgIpc) is 2.89. The molecule has 7 nitrogen and oxygen atoms in total. The Morgan fingerprint density at radius 3 is 1.86 bits per heavy atom. The van der Waals surface area contributed by atoms with Gasteiger partial charge in [-0.3, -0.25) is 9.59 Å². The summed E-state index contributed by atoms with van der Waals surface area (Å²) in [6.07, 6.45) is 0.380. The Bertz CT molecular complexity index is 1100. The van der Waals surface area contributed by atoms with E-state index in [-0.39, 0.29) is 31.0 Å². The molecule has 0 bridgehead atoms. The number of rotatable bonds is 12. The molecular weight excluding hydrogens is 456 g/mol. The number of amides is 2. The van der Waals surface area contributed by atoms with E-state index in [4.69, 9.17) is 14.2 Å². The maximum absolute atomic E-state index is 13.6. The molecule has 36 heavy (non-hydrogen) atoms. The molecule has 0 aliphatic heterocycles. The molecule has 3 aromatic rings. The molecule has 0 spiro atoms. The highest BCUT2D eigenvalue weighted by Crippen LogP contribution is 2.27. The van der Waals surface area contributed by atoms with Gasteiger partial charge in [0.25, 0.3) is 5.91 Å². The summed E-state index contributed by atoms with van der Waals surface area (Å²) in [6, 6.07) is 23.6. The van der Waals surface area contributed by atoms with Crippen LogP contribution in [0.3, 0.4) is 0 Å². The lowest BCUT2D eigenvalue weighted by atomic mass is 10.0. The lowest BCUT2D eigenvalue weighted by Crippen LogP contribution is -2.52. The molecule has 0 aliphatic carbocycles. The van der Waals surface area contributed by atoms with Gasteiger partial charge in [-0.15, -0.1) is 0 Å². The molecule has 0 unspecified atom stereocenters. The van der Waals surface area contributed by atoms with Gasteiger partial charge < -0.3 is 24.4 Å². The second-order valence-corrected chi connectivity index (χ2v) is 8.71. The first-order chi connectivity index (χ1) is 17.4. The quantitative estimate of drug-likeness (QED) is 0.411. The highest BCUT2D eigenvalue weighted by Gasteiger charge is 2.31. The van der Waals surface area contributed by atoms with Gasteiger partial charge in [0, 0.05) is 37.2 Å². The third-order valence-corrected chi connectivity index (χ3v) is 5.59. The first-order valence-corrected chi connectivity index (χ1v) is 11.9. The molecule has 0 saturated carbocycles. The number of carbonyl (C=O) groups excluding carboxylic acids is 2. The number of nitrogens with zero attached hydrogens (tertiary/aromatic N) is 1. The third-order valence-electron chi connectivity index (χ3n) is 5.59. The van der Waals surface area contributed by atoms with E-state index in [1.165, 1.54) is 0 Å². The predicted molar refractivity (Wildman–Crippen MR) is 139 cm³/mol. The van der Waals surface area contributed by atoms with Crippen LogP contribution in [0.25, 0.3) is 0 Å². The summed E-state index contributed by atoms with van der Waals surface area (Å²) in [7, 11) is 3.10. The number of nitrogens with one attached hydrogen (secondary N) is 1. The molecule has 0 fully saturated rings. The second-order valence-electron chi connectivity index (χ2n) is 8.71. The monoisotopic (exact) mass is 490 g/mol. The smallest absolute Gasteiger partial charge is 0.261 e. The largest absolute Gasteiger partial charge is 0.496 e. The molecule has 7 heteroatoms. The molecule has 0 aliphatic rings. The Balaban J connectivity index is 1.89. The van der Waals surface area contributed by atoms with Crippen molar-refractivity contribution in [3.8, 4) is 17.2 Å². The predicted octanol–water partition coefficient (Wildman–Crippen LogP) is 4.25. The number of hydrogen-bond donors (Lipinski definition) is 1. The lowest BCUT2D eigenvalue weighted by molar-refractivity contribution is -0.143. The molecular formula is C29H34N2O5. The second kappa shape index (κ2) is 13.2. The number of methoxy groups -OCH3 is 2. The van der Waals surface area contributed by atoms with Gasteiger partial charge in [0.15, 0.2) is 6.61 Å². The minimum Gasteiger partial charge on any atom is -0.496 e. The molecule has 0 saturated heterocycles. The van der Waals surface area contributed by atoms with E-state index < -0.39 is 6.04 Å². The van der Waals surface area contributed by atoms with Crippen molar-refractivity contribution in [1.82, 2.24) is 10.2 Å². The van der Waals surface area contributed by atoms with Crippen molar-refractivity contribution in [1.29, 1.82) is 0 Å². The summed E-state index contributed by atoms with van der Waals surface area (Å²) < 4.78 is 16.4. The van der Waals surface area contributed by atoms with Gasteiger partial charge in [0.2, 0.25) is 5.91 Å². The number of carbonyl (C=O) groups is 2. The van der Waals surface area contributed by atoms with Crippen molar-refractivity contribution in [2.24, 2.45) is 0 Å². The van der Waals surface area contributed by atoms with Crippen LogP contribution in [0.2, 0.25) is 0 Å². The molecule has 1 atom stereocenters. The summed E-state index contributed by atoms with van der Waals surface area (Å²) in [5.41, 5.74) is 1.88. The molecule has 3 rings (SSSR count). The fourth-order valence-corrected chi connectivity index (χ4v) is 3.81. The molecule has 1 N–H and O–H groups in total. The van der Waals surface area contributed by atoms with Gasteiger partial charge in [-0.2, -0.15) is 0 Å². The molecule has 0 aromatic heterocycles. The number of benzene rings is 3. The Hall–Kier alpha value is -4.00. The van der Waals surface area contributed by atoms with Gasteiger partial charge in [0.1, 0.15) is 23.3 Å². The van der Waals surface area contributed by atoms with Gasteiger partial charge in [-0.05, 0) is 25.0 Å². The first-order valence-electron chi connectivity index (χ1n) is 11.9. The molecule has 3 aromatic carbocycles. The Kier molecular flexibility index (Phi) is 9.74. The van der Waals surface area contributed by atoms with Crippen LogP contribution in [0.5, 0.6) is 17.2 Å². The zero-order valence-corrected chi connectivity index (χ0v) is 21.3. The topological polar surface area (TPSA) is 77.1 Å². The summed E-state index contributed by atoms with van der Waals surface area (Å²) in [6.45, 7) is 3.83. The summed E-state index contributed by atoms with van der Waals surface area (Å²) in [5, 5.41) is 2.98. The summed E-state index contributed by atoms with van der Waals surface area (Å²) >= 11 is 0. The van der Waals surface area contributed by atoms with Crippen LogP contribution in [-0.2, 0) is 22.6 Å². The average molecular weight is 491 g/mol. The summed E-state index contributed by atoms with van der Waals surface area (Å²) in [4.78, 5) is 28.6. The Morgan fingerprint density at radius 1 is 0.806 bits per heavy atom. The van der Waals surface area contributed by atoms with Crippen LogP contribution in [0.1, 0.15) is 25.0 Å². The first kappa shape index (κ1) is 26.6. The number of hydrogen-bond acceptors (Lipinski definition) is 5. The van der Waals surface area contributed by atoms with Crippen molar-refractivity contribution < 1.29 is 23.8 Å². The molecule has 2 amide bonds. The van der Waals surface area contributed by atoms with Crippen molar-refractivity contribution >= 4 is 11.8 Å². The van der Waals surface area contributed by atoms with Crippen molar-refractivity contribution in [2.45, 2.75) is 38.9 Å². The third kappa shape index (κ3) is 7.77. The number of ether oxygens (including phenoxy) is 3. The molecule has 190 valence electrons. The van der Waals surface area contributed by atoms with Crippen LogP contribution in [0.15, 0.2) is 78.9 Å². The van der Waals surface area contributed by atoms with E-state index >= 15 is 0 Å². The van der Waals surface area contributed by atoms with E-state index in [0.717, 1.165) is 11.1 Å². The van der Waals surface area contributed by atoms with E-state index in [1.54, 1.807) is 37.3 Å². The van der Waals surface area contributed by atoms with Crippen molar-refractivity contribution in [3.63, 3.8) is 0 Å². The fourth-order valence-electron chi connectivity index (χ4n) is 3.81. The maximum Gasteiger partial charge on any atom is 0.261 e. The SMILES string of the molecule is COc1cc(OC)cc(OCC(=O)N(Cc2ccccc2)[C@@H](Cc2ccccc2)C(=O)NC(C)C)c1. The van der Waals surface area contributed by atoms with Crippen molar-refractivity contribution in [3.05, 3.63) is 90.0 Å². The molecule has 0 heterocycles.